The minimum absolute atomic E-state index is 0.00376. The number of esters is 1. The second-order valence-electron chi connectivity index (χ2n) is 11.0. The van der Waals surface area contributed by atoms with Crippen molar-refractivity contribution in [1.29, 1.82) is 0 Å². The van der Waals surface area contributed by atoms with Gasteiger partial charge >= 0.3 is 5.97 Å². The molecule has 8 nitrogen and oxygen atoms in total. The quantitative estimate of drug-likeness (QED) is 0.102. The van der Waals surface area contributed by atoms with Gasteiger partial charge in [0, 0.05) is 18.0 Å². The van der Waals surface area contributed by atoms with E-state index >= 15 is 0 Å². The number of nitrogens with zero attached hydrogens (tertiary/aromatic N) is 2. The lowest BCUT2D eigenvalue weighted by atomic mass is 10.0. The molecule has 5 aromatic carbocycles. The minimum Gasteiger partial charge on any atom is -0.497 e. The Kier molecular flexibility index (Phi) is 9.34. The van der Waals surface area contributed by atoms with Crippen LogP contribution in [0.15, 0.2) is 132 Å². The summed E-state index contributed by atoms with van der Waals surface area (Å²) in [5.41, 5.74) is 3.88. The number of methoxy groups -OCH3 is 1. The molecule has 1 heterocycles. The molecule has 0 atom stereocenters. The fourth-order valence-corrected chi connectivity index (χ4v) is 7.61. The van der Waals surface area contributed by atoms with Gasteiger partial charge in [-0.25, -0.2) is 13.2 Å². The second kappa shape index (κ2) is 13.8. The maximum Gasteiger partial charge on any atom is 0.338 e. The molecular weight excluding hydrogens is 648 g/mol. The summed E-state index contributed by atoms with van der Waals surface area (Å²) in [6.07, 6.45) is 0. The molecule has 0 unspecified atom stereocenters. The van der Waals surface area contributed by atoms with Gasteiger partial charge in [0.05, 0.1) is 41.2 Å². The minimum atomic E-state index is -4.31. The van der Waals surface area contributed by atoms with Crippen molar-refractivity contribution in [3.63, 3.8) is 0 Å². The predicted molar refractivity (Wildman–Crippen MR) is 187 cm³/mol. The van der Waals surface area contributed by atoms with Gasteiger partial charge in [-0.3, -0.25) is 9.10 Å². The smallest absolute Gasteiger partial charge is 0.338 e. The highest BCUT2D eigenvalue weighted by Gasteiger charge is 2.29. The number of aryl methyl sites for hydroxylation is 1. The number of carbonyl (C=O) groups is 2. The second-order valence-corrected chi connectivity index (χ2v) is 13.2. The summed E-state index contributed by atoms with van der Waals surface area (Å²) in [4.78, 5) is 26.8. The van der Waals surface area contributed by atoms with Gasteiger partial charge in [0.25, 0.3) is 10.0 Å². The molecule has 6 rings (SSSR count). The first-order valence-corrected chi connectivity index (χ1v) is 16.8. The van der Waals surface area contributed by atoms with Gasteiger partial charge < -0.3 is 14.0 Å². The van der Waals surface area contributed by atoms with Crippen LogP contribution < -0.4 is 9.04 Å². The highest BCUT2D eigenvalue weighted by Crippen LogP contribution is 2.34. The van der Waals surface area contributed by atoms with Crippen molar-refractivity contribution in [3.8, 4) is 17.0 Å². The maximum atomic E-state index is 14.2. The van der Waals surface area contributed by atoms with Crippen LogP contribution in [0, 0.1) is 0 Å². The van der Waals surface area contributed by atoms with Crippen LogP contribution in [-0.4, -0.2) is 38.5 Å². The van der Waals surface area contributed by atoms with E-state index in [1.807, 2.05) is 96.5 Å². The first kappa shape index (κ1) is 32.6. The molecule has 0 aliphatic rings. The summed E-state index contributed by atoms with van der Waals surface area (Å²) in [6, 6.07) is 36.6. The van der Waals surface area contributed by atoms with Crippen LogP contribution in [0.1, 0.15) is 26.3 Å². The average molecular weight is 679 g/mol. The summed E-state index contributed by atoms with van der Waals surface area (Å²) < 4.78 is 42.4. The third-order valence-corrected chi connectivity index (χ3v) is 10.3. The topological polar surface area (TPSA) is 94.9 Å². The third kappa shape index (κ3) is 6.43. The Hall–Kier alpha value is -5.38. The fraction of sp³-hybridized carbons (Fsp3) is 0.105. The number of hydrogen-bond acceptors (Lipinski definition) is 6. The molecule has 242 valence electrons. The van der Waals surface area contributed by atoms with E-state index < -0.39 is 28.4 Å². The first-order chi connectivity index (χ1) is 23.2. The lowest BCUT2D eigenvalue weighted by Gasteiger charge is -2.25. The predicted octanol–water partition coefficient (Wildman–Crippen LogP) is 7.94. The Morgan fingerprint density at radius 2 is 1.46 bits per heavy atom. The van der Waals surface area contributed by atoms with E-state index in [1.54, 1.807) is 24.3 Å². The van der Waals surface area contributed by atoms with Gasteiger partial charge in [0.2, 0.25) is 5.78 Å². The van der Waals surface area contributed by atoms with Crippen molar-refractivity contribution < 1.29 is 27.5 Å². The van der Waals surface area contributed by atoms with E-state index in [9.17, 15) is 18.0 Å². The van der Waals surface area contributed by atoms with Crippen LogP contribution >= 0.6 is 11.6 Å². The standard InChI is InChI=1S/C38H31ClN2O6S/c1-40-33-16-10-9-15-31(33)36(37(40)27-13-7-4-8-14-27)34(42)25-47-38(43)28-17-22-32(39)35(23-28)48(44,45)41(24-26-11-5-3-6-12-26)29-18-20-30(46-2)21-19-29/h3-23H,24-25H2,1-2H3. The van der Waals surface area contributed by atoms with Crippen LogP contribution in [0.25, 0.3) is 22.2 Å². The lowest BCUT2D eigenvalue weighted by Crippen LogP contribution is -2.31. The SMILES string of the molecule is COc1ccc(N(Cc2ccccc2)S(=O)(=O)c2cc(C(=O)OCC(=O)c3c(-c4ccccc4)n(C)c4ccccc34)ccc2Cl)cc1. The third-order valence-electron chi connectivity index (χ3n) is 8.03. The molecule has 0 saturated heterocycles. The molecule has 48 heavy (non-hydrogen) atoms. The summed E-state index contributed by atoms with van der Waals surface area (Å²) >= 11 is 6.47. The fourth-order valence-electron chi connectivity index (χ4n) is 5.66. The molecule has 0 fully saturated rings. The van der Waals surface area contributed by atoms with Crippen LogP contribution in [0.5, 0.6) is 5.75 Å². The van der Waals surface area contributed by atoms with E-state index in [4.69, 9.17) is 21.1 Å². The van der Waals surface area contributed by atoms with Crippen LogP contribution in [0.4, 0.5) is 5.69 Å². The summed E-state index contributed by atoms with van der Waals surface area (Å²) in [6.45, 7) is -0.548. The molecule has 0 N–H and O–H groups in total. The van der Waals surface area contributed by atoms with Gasteiger partial charge in [0.1, 0.15) is 10.6 Å². The Bertz CT molecular complexity index is 2220. The van der Waals surface area contributed by atoms with Crippen molar-refractivity contribution in [3.05, 3.63) is 149 Å². The highest BCUT2D eigenvalue weighted by molar-refractivity contribution is 7.93. The number of benzene rings is 5. The van der Waals surface area contributed by atoms with E-state index in [2.05, 4.69) is 0 Å². The van der Waals surface area contributed by atoms with Crippen molar-refractivity contribution in [2.24, 2.45) is 7.05 Å². The van der Waals surface area contributed by atoms with Crippen LogP contribution in [0.3, 0.4) is 0 Å². The van der Waals surface area contributed by atoms with Crippen molar-refractivity contribution in [2.45, 2.75) is 11.4 Å². The molecule has 0 spiro atoms. The Balaban J connectivity index is 1.30. The number of anilines is 1. The molecule has 0 saturated carbocycles. The molecule has 0 bridgehead atoms. The number of aromatic nitrogens is 1. The first-order valence-electron chi connectivity index (χ1n) is 15.0. The molecular formula is C38H31ClN2O6S. The van der Waals surface area contributed by atoms with Gasteiger partial charge in [0.15, 0.2) is 6.61 Å². The maximum absolute atomic E-state index is 14.2. The zero-order valence-corrected chi connectivity index (χ0v) is 27.7. The zero-order valence-electron chi connectivity index (χ0n) is 26.2. The number of ketones is 1. The lowest BCUT2D eigenvalue weighted by molar-refractivity contribution is 0.0475. The van der Waals surface area contributed by atoms with Crippen LogP contribution in [0.2, 0.25) is 5.02 Å². The number of carbonyl (C=O) groups excluding carboxylic acids is 2. The number of fused-ring (bicyclic) bond motifs is 1. The molecule has 0 amide bonds. The normalized spacial score (nSPS) is 11.3. The summed E-state index contributed by atoms with van der Waals surface area (Å²) in [5.74, 6) is -0.695. The highest BCUT2D eigenvalue weighted by atomic mass is 35.5. The Morgan fingerprint density at radius 3 is 2.15 bits per heavy atom. The van der Waals surface area contributed by atoms with E-state index in [-0.39, 0.29) is 22.0 Å². The number of sulfonamides is 1. The van der Waals surface area contributed by atoms with Crippen molar-refractivity contribution in [1.82, 2.24) is 4.57 Å². The van der Waals surface area contributed by atoms with Gasteiger partial charge in [-0.05, 0) is 59.7 Å². The van der Waals surface area contributed by atoms with Crippen LogP contribution in [-0.2, 0) is 28.4 Å². The summed E-state index contributed by atoms with van der Waals surface area (Å²) in [7, 11) is -0.899. The number of Topliss-reactive ketones (excluding diaryl/α,β-unsaturated/α-hetero) is 1. The average Bonchev–Trinajstić information content (AvgIpc) is 3.42. The molecule has 0 aliphatic heterocycles. The number of para-hydroxylation sites is 1. The molecule has 10 heteroatoms. The van der Waals surface area contributed by atoms with E-state index in [0.29, 0.717) is 22.7 Å². The molecule has 1 aromatic heterocycles. The van der Waals surface area contributed by atoms with Gasteiger partial charge in [-0.15, -0.1) is 0 Å². The van der Waals surface area contributed by atoms with Crippen molar-refractivity contribution in [2.75, 3.05) is 18.0 Å². The molecule has 0 radical (unpaired) electrons. The van der Waals surface area contributed by atoms with Gasteiger partial charge in [-0.2, -0.15) is 0 Å². The zero-order chi connectivity index (χ0) is 33.8. The molecule has 0 aliphatic carbocycles. The number of hydrogen-bond donors (Lipinski definition) is 0. The Labute approximate surface area is 283 Å². The number of ether oxygens (including phenoxy) is 2. The van der Waals surface area contributed by atoms with Gasteiger partial charge in [-0.1, -0.05) is 90.5 Å². The summed E-state index contributed by atoms with van der Waals surface area (Å²) in [5, 5.41) is 0.661. The monoisotopic (exact) mass is 678 g/mol. The number of rotatable bonds is 11. The Morgan fingerprint density at radius 1 is 0.812 bits per heavy atom. The van der Waals surface area contributed by atoms with E-state index in [0.717, 1.165) is 22.0 Å². The largest absolute Gasteiger partial charge is 0.497 e. The van der Waals surface area contributed by atoms with E-state index in [1.165, 1.54) is 29.6 Å². The molecule has 6 aromatic rings. The van der Waals surface area contributed by atoms with Crippen molar-refractivity contribution >= 4 is 50.0 Å². The number of halogens is 1.